The molecule has 0 unspecified atom stereocenters. The standard InChI is InChI=1S/C21H22N2O3S/c1-13-19(14(2)23-21(22-13)27-4)9-10-20(24)26-18-8-6-15-5-7-17(25-3)11-16(15)12-18/h5-8,11-12H,9-10H2,1-4H3. The molecule has 0 amide bonds. The number of hydrogen-bond donors (Lipinski definition) is 0. The fraction of sp³-hybridized carbons (Fsp3) is 0.286. The summed E-state index contributed by atoms with van der Waals surface area (Å²) in [6, 6.07) is 11.4. The predicted molar refractivity (Wildman–Crippen MR) is 108 cm³/mol. The third-order valence-electron chi connectivity index (χ3n) is 4.41. The third kappa shape index (κ3) is 4.57. The minimum atomic E-state index is -0.273. The van der Waals surface area contributed by atoms with E-state index in [0.717, 1.165) is 38.6 Å². The van der Waals surface area contributed by atoms with Gasteiger partial charge in [0, 0.05) is 11.4 Å². The first-order chi connectivity index (χ1) is 13.0. The van der Waals surface area contributed by atoms with E-state index in [0.29, 0.717) is 12.2 Å². The van der Waals surface area contributed by atoms with Gasteiger partial charge >= 0.3 is 5.97 Å². The molecule has 3 rings (SSSR count). The Labute approximate surface area is 163 Å². The summed E-state index contributed by atoms with van der Waals surface area (Å²) in [7, 11) is 1.63. The SMILES string of the molecule is COc1ccc2ccc(OC(=O)CCc3c(C)nc(SC)nc3C)cc2c1. The molecule has 0 spiro atoms. The van der Waals surface area contributed by atoms with Crippen LogP contribution in [-0.2, 0) is 11.2 Å². The molecule has 0 saturated heterocycles. The van der Waals surface area contributed by atoms with Crippen LogP contribution in [0.15, 0.2) is 41.6 Å². The Kier molecular flexibility index (Phi) is 5.96. The average Bonchev–Trinajstić information content (AvgIpc) is 2.66. The van der Waals surface area contributed by atoms with E-state index in [-0.39, 0.29) is 12.4 Å². The summed E-state index contributed by atoms with van der Waals surface area (Å²) in [5, 5.41) is 2.78. The first-order valence-electron chi connectivity index (χ1n) is 8.66. The van der Waals surface area contributed by atoms with E-state index in [1.165, 1.54) is 11.8 Å². The normalized spacial score (nSPS) is 10.8. The minimum Gasteiger partial charge on any atom is -0.497 e. The van der Waals surface area contributed by atoms with Gasteiger partial charge in [-0.05, 0) is 67.1 Å². The molecule has 0 aliphatic carbocycles. The van der Waals surface area contributed by atoms with Gasteiger partial charge in [0.15, 0.2) is 5.16 Å². The van der Waals surface area contributed by atoms with E-state index in [1.807, 2.05) is 50.4 Å². The monoisotopic (exact) mass is 382 g/mol. The summed E-state index contributed by atoms with van der Waals surface area (Å²) in [5.41, 5.74) is 2.84. The maximum absolute atomic E-state index is 12.3. The molecular weight excluding hydrogens is 360 g/mol. The summed E-state index contributed by atoms with van der Waals surface area (Å²) in [6.45, 7) is 3.90. The number of nitrogens with zero attached hydrogens (tertiary/aromatic N) is 2. The largest absolute Gasteiger partial charge is 0.497 e. The number of aromatic nitrogens is 2. The Morgan fingerprint density at radius 2 is 1.63 bits per heavy atom. The van der Waals surface area contributed by atoms with Crippen LogP contribution in [0.4, 0.5) is 0 Å². The van der Waals surface area contributed by atoms with Gasteiger partial charge in [0.1, 0.15) is 11.5 Å². The molecule has 0 bridgehead atoms. The number of carbonyl (C=O) groups excluding carboxylic acids is 1. The first-order valence-corrected chi connectivity index (χ1v) is 9.89. The lowest BCUT2D eigenvalue weighted by molar-refractivity contribution is -0.134. The molecule has 5 nitrogen and oxygen atoms in total. The molecular formula is C21H22N2O3S. The maximum atomic E-state index is 12.3. The molecule has 0 radical (unpaired) electrons. The van der Waals surface area contributed by atoms with Crippen molar-refractivity contribution in [3.8, 4) is 11.5 Å². The highest BCUT2D eigenvalue weighted by Gasteiger charge is 2.12. The van der Waals surface area contributed by atoms with Crippen molar-refractivity contribution in [3.63, 3.8) is 0 Å². The van der Waals surface area contributed by atoms with Gasteiger partial charge < -0.3 is 9.47 Å². The summed E-state index contributed by atoms with van der Waals surface area (Å²) in [6.07, 6.45) is 2.79. The van der Waals surface area contributed by atoms with Crippen LogP contribution in [0.5, 0.6) is 11.5 Å². The highest BCUT2D eigenvalue weighted by molar-refractivity contribution is 7.98. The van der Waals surface area contributed by atoms with Crippen LogP contribution < -0.4 is 9.47 Å². The lowest BCUT2D eigenvalue weighted by Gasteiger charge is -2.10. The van der Waals surface area contributed by atoms with Crippen LogP contribution in [0.2, 0.25) is 0 Å². The van der Waals surface area contributed by atoms with E-state index < -0.39 is 0 Å². The molecule has 2 aromatic carbocycles. The number of ether oxygens (including phenoxy) is 2. The Bertz CT molecular complexity index is 965. The van der Waals surface area contributed by atoms with Crippen molar-refractivity contribution >= 4 is 28.5 Å². The van der Waals surface area contributed by atoms with Gasteiger partial charge in [-0.3, -0.25) is 4.79 Å². The van der Waals surface area contributed by atoms with Gasteiger partial charge in [0.2, 0.25) is 0 Å². The van der Waals surface area contributed by atoms with Crippen LogP contribution in [0.3, 0.4) is 0 Å². The lowest BCUT2D eigenvalue weighted by Crippen LogP contribution is -2.11. The van der Waals surface area contributed by atoms with Gasteiger partial charge in [-0.25, -0.2) is 9.97 Å². The first kappa shape index (κ1) is 19.2. The van der Waals surface area contributed by atoms with Crippen molar-refractivity contribution in [3.05, 3.63) is 53.3 Å². The Morgan fingerprint density at radius 1 is 1.00 bits per heavy atom. The molecule has 1 heterocycles. The third-order valence-corrected chi connectivity index (χ3v) is 4.96. The van der Waals surface area contributed by atoms with Crippen LogP contribution in [-0.4, -0.2) is 29.3 Å². The van der Waals surface area contributed by atoms with Gasteiger partial charge in [0.25, 0.3) is 0 Å². The lowest BCUT2D eigenvalue weighted by atomic mass is 10.1. The molecule has 3 aromatic rings. The van der Waals surface area contributed by atoms with E-state index in [4.69, 9.17) is 9.47 Å². The van der Waals surface area contributed by atoms with Crippen molar-refractivity contribution in [2.45, 2.75) is 31.8 Å². The number of benzene rings is 2. The summed E-state index contributed by atoms with van der Waals surface area (Å²) in [5.74, 6) is 1.03. The molecule has 6 heteroatoms. The van der Waals surface area contributed by atoms with E-state index in [1.54, 1.807) is 13.2 Å². The average molecular weight is 382 g/mol. The van der Waals surface area contributed by atoms with Crippen molar-refractivity contribution in [2.24, 2.45) is 0 Å². The van der Waals surface area contributed by atoms with Crippen LogP contribution in [0, 0.1) is 13.8 Å². The van der Waals surface area contributed by atoms with E-state index in [9.17, 15) is 4.79 Å². The fourth-order valence-electron chi connectivity index (χ4n) is 2.96. The molecule has 0 N–H and O–H groups in total. The highest BCUT2D eigenvalue weighted by Crippen LogP contribution is 2.25. The second-order valence-corrected chi connectivity index (χ2v) is 6.98. The summed E-state index contributed by atoms with van der Waals surface area (Å²) < 4.78 is 10.8. The number of hydrogen-bond acceptors (Lipinski definition) is 6. The van der Waals surface area contributed by atoms with Crippen molar-refractivity contribution in [1.82, 2.24) is 9.97 Å². The second kappa shape index (κ2) is 8.39. The van der Waals surface area contributed by atoms with Crippen LogP contribution >= 0.6 is 11.8 Å². The number of fused-ring (bicyclic) bond motifs is 1. The number of methoxy groups -OCH3 is 1. The zero-order valence-electron chi connectivity index (χ0n) is 15.9. The summed E-state index contributed by atoms with van der Waals surface area (Å²) in [4.78, 5) is 21.2. The van der Waals surface area contributed by atoms with Crippen LogP contribution in [0.25, 0.3) is 10.8 Å². The van der Waals surface area contributed by atoms with Gasteiger partial charge in [0.05, 0.1) is 13.5 Å². The minimum absolute atomic E-state index is 0.273. The molecule has 0 saturated carbocycles. The molecule has 0 aliphatic heterocycles. The number of thioether (sulfide) groups is 1. The molecule has 0 fully saturated rings. The van der Waals surface area contributed by atoms with Crippen molar-refractivity contribution < 1.29 is 14.3 Å². The second-order valence-electron chi connectivity index (χ2n) is 6.21. The Morgan fingerprint density at radius 3 is 2.26 bits per heavy atom. The molecule has 0 atom stereocenters. The quantitative estimate of drug-likeness (QED) is 0.270. The summed E-state index contributed by atoms with van der Waals surface area (Å²) >= 11 is 1.51. The zero-order valence-corrected chi connectivity index (χ0v) is 16.7. The number of carbonyl (C=O) groups is 1. The fourth-order valence-corrected chi connectivity index (χ4v) is 3.42. The highest BCUT2D eigenvalue weighted by atomic mass is 32.2. The molecule has 0 aliphatic rings. The Hall–Kier alpha value is -2.60. The Balaban J connectivity index is 1.68. The smallest absolute Gasteiger partial charge is 0.311 e. The molecule has 1 aromatic heterocycles. The predicted octanol–water partition coefficient (Wildman–Crippen LogP) is 4.52. The van der Waals surface area contributed by atoms with E-state index in [2.05, 4.69) is 9.97 Å². The number of rotatable bonds is 6. The van der Waals surface area contributed by atoms with Gasteiger partial charge in [-0.2, -0.15) is 0 Å². The molecule has 27 heavy (non-hydrogen) atoms. The molecule has 140 valence electrons. The van der Waals surface area contributed by atoms with Gasteiger partial charge in [-0.1, -0.05) is 23.9 Å². The van der Waals surface area contributed by atoms with Crippen molar-refractivity contribution in [2.75, 3.05) is 13.4 Å². The number of esters is 1. The topological polar surface area (TPSA) is 61.3 Å². The van der Waals surface area contributed by atoms with Crippen LogP contribution in [0.1, 0.15) is 23.4 Å². The number of aryl methyl sites for hydroxylation is 2. The van der Waals surface area contributed by atoms with E-state index >= 15 is 0 Å². The van der Waals surface area contributed by atoms with Gasteiger partial charge in [-0.15, -0.1) is 0 Å². The zero-order chi connectivity index (χ0) is 19.4. The maximum Gasteiger partial charge on any atom is 0.311 e. The van der Waals surface area contributed by atoms with Crippen molar-refractivity contribution in [1.29, 1.82) is 0 Å².